The summed E-state index contributed by atoms with van der Waals surface area (Å²) in [6, 6.07) is 4.19. The van der Waals surface area contributed by atoms with E-state index in [1.165, 1.54) is 31.4 Å². The molecule has 1 aliphatic carbocycles. The normalized spacial score (nSPS) is 15.5. The van der Waals surface area contributed by atoms with Crippen molar-refractivity contribution in [3.05, 3.63) is 34.1 Å². The largest absolute Gasteiger partial charge is 0.341 e. The Morgan fingerprint density at radius 2 is 2.24 bits per heavy atom. The van der Waals surface area contributed by atoms with Crippen molar-refractivity contribution in [2.24, 2.45) is 5.92 Å². The lowest BCUT2D eigenvalue weighted by atomic mass is 9.85. The highest BCUT2D eigenvalue weighted by molar-refractivity contribution is 9.10. The first kappa shape index (κ1) is 12.6. The highest BCUT2D eigenvalue weighted by Gasteiger charge is 2.23. The third kappa shape index (κ3) is 2.86. The van der Waals surface area contributed by atoms with E-state index in [0.717, 1.165) is 6.54 Å². The fourth-order valence-electron chi connectivity index (χ4n) is 2.01. The summed E-state index contributed by atoms with van der Waals surface area (Å²) in [4.78, 5) is 13.8. The highest BCUT2D eigenvalue weighted by atomic mass is 79.9. The molecular formula is C13H15BrFNO. The molecule has 92 valence electrons. The number of carbonyl (C=O) groups is 1. The second-order valence-corrected chi connectivity index (χ2v) is 5.46. The van der Waals surface area contributed by atoms with Crippen molar-refractivity contribution >= 4 is 21.8 Å². The third-order valence-corrected chi connectivity index (χ3v) is 3.95. The fraction of sp³-hybridized carbons (Fsp3) is 0.462. The first-order chi connectivity index (χ1) is 8.08. The zero-order valence-corrected chi connectivity index (χ0v) is 11.3. The van der Waals surface area contributed by atoms with Crippen LogP contribution in [0.15, 0.2) is 22.7 Å². The predicted octanol–water partition coefficient (Wildman–Crippen LogP) is 3.46. The van der Waals surface area contributed by atoms with Gasteiger partial charge in [-0.3, -0.25) is 4.79 Å². The lowest BCUT2D eigenvalue weighted by Crippen LogP contribution is -2.34. The molecule has 0 aliphatic heterocycles. The molecule has 1 saturated carbocycles. The second kappa shape index (κ2) is 5.17. The predicted molar refractivity (Wildman–Crippen MR) is 68.4 cm³/mol. The summed E-state index contributed by atoms with van der Waals surface area (Å²) in [5.74, 6) is 0.119. The molecule has 4 heteroatoms. The molecule has 0 bridgehead atoms. The standard InChI is InChI=1S/C13H15BrFNO/c1-16(8-9-3-2-4-9)13(17)11-7-10(15)5-6-12(11)14/h5-7,9H,2-4,8H2,1H3. The molecule has 2 rings (SSSR count). The Morgan fingerprint density at radius 3 is 2.82 bits per heavy atom. The molecule has 0 aromatic heterocycles. The molecule has 0 unspecified atom stereocenters. The number of nitrogens with zero attached hydrogens (tertiary/aromatic N) is 1. The molecule has 17 heavy (non-hydrogen) atoms. The average molecular weight is 300 g/mol. The van der Waals surface area contributed by atoms with Gasteiger partial charge in [0.1, 0.15) is 5.82 Å². The average Bonchev–Trinajstić information content (AvgIpc) is 2.25. The lowest BCUT2D eigenvalue weighted by Gasteiger charge is -2.30. The summed E-state index contributed by atoms with van der Waals surface area (Å²) in [5.41, 5.74) is 0.395. The van der Waals surface area contributed by atoms with Crippen LogP contribution in [-0.4, -0.2) is 24.4 Å². The number of halogens is 2. The smallest absolute Gasteiger partial charge is 0.254 e. The molecule has 0 spiro atoms. The molecule has 0 heterocycles. The number of hydrogen-bond donors (Lipinski definition) is 0. The number of rotatable bonds is 3. The van der Waals surface area contributed by atoms with E-state index in [4.69, 9.17) is 0 Å². The van der Waals surface area contributed by atoms with Gasteiger partial charge in [-0.15, -0.1) is 0 Å². The zero-order valence-electron chi connectivity index (χ0n) is 9.75. The van der Waals surface area contributed by atoms with E-state index in [0.29, 0.717) is 16.0 Å². The molecule has 0 N–H and O–H groups in total. The van der Waals surface area contributed by atoms with Gasteiger partial charge in [-0.05, 0) is 52.9 Å². The van der Waals surface area contributed by atoms with Crippen molar-refractivity contribution in [1.82, 2.24) is 4.90 Å². The van der Waals surface area contributed by atoms with Gasteiger partial charge >= 0.3 is 0 Å². The summed E-state index contributed by atoms with van der Waals surface area (Å²) >= 11 is 3.28. The van der Waals surface area contributed by atoms with Crippen LogP contribution in [0.5, 0.6) is 0 Å². The summed E-state index contributed by atoms with van der Waals surface area (Å²) < 4.78 is 13.8. The summed E-state index contributed by atoms with van der Waals surface area (Å²) in [7, 11) is 1.78. The van der Waals surface area contributed by atoms with Gasteiger partial charge in [0.15, 0.2) is 0 Å². The van der Waals surface area contributed by atoms with Crippen LogP contribution in [0, 0.1) is 11.7 Å². The minimum Gasteiger partial charge on any atom is -0.341 e. The van der Waals surface area contributed by atoms with Gasteiger partial charge in [0.25, 0.3) is 5.91 Å². The van der Waals surface area contributed by atoms with Crippen molar-refractivity contribution in [2.45, 2.75) is 19.3 Å². The van der Waals surface area contributed by atoms with Gasteiger partial charge in [0.2, 0.25) is 0 Å². The first-order valence-electron chi connectivity index (χ1n) is 5.78. The number of carbonyl (C=O) groups excluding carboxylic acids is 1. The monoisotopic (exact) mass is 299 g/mol. The lowest BCUT2D eigenvalue weighted by molar-refractivity contribution is 0.0744. The van der Waals surface area contributed by atoms with Crippen LogP contribution >= 0.6 is 15.9 Å². The third-order valence-electron chi connectivity index (χ3n) is 3.26. The van der Waals surface area contributed by atoms with E-state index >= 15 is 0 Å². The fourth-order valence-corrected chi connectivity index (χ4v) is 2.43. The zero-order chi connectivity index (χ0) is 12.4. The molecule has 1 aromatic carbocycles. The molecule has 0 radical (unpaired) electrons. The quantitative estimate of drug-likeness (QED) is 0.837. The van der Waals surface area contributed by atoms with Gasteiger partial charge in [-0.2, -0.15) is 0 Å². The minimum atomic E-state index is -0.381. The van der Waals surface area contributed by atoms with E-state index in [1.807, 2.05) is 0 Å². The van der Waals surface area contributed by atoms with Crippen LogP contribution < -0.4 is 0 Å². The molecule has 1 aliphatic rings. The van der Waals surface area contributed by atoms with Crippen molar-refractivity contribution in [2.75, 3.05) is 13.6 Å². The second-order valence-electron chi connectivity index (χ2n) is 4.61. The Balaban J connectivity index is 2.09. The van der Waals surface area contributed by atoms with Crippen LogP contribution in [0.4, 0.5) is 4.39 Å². The van der Waals surface area contributed by atoms with Crippen LogP contribution in [0.1, 0.15) is 29.6 Å². The number of amides is 1. The van der Waals surface area contributed by atoms with Gasteiger partial charge in [0, 0.05) is 18.1 Å². The Kier molecular flexibility index (Phi) is 3.82. The first-order valence-corrected chi connectivity index (χ1v) is 6.57. The number of hydrogen-bond acceptors (Lipinski definition) is 1. The number of benzene rings is 1. The van der Waals surface area contributed by atoms with Crippen molar-refractivity contribution in [3.8, 4) is 0 Å². The maximum atomic E-state index is 13.1. The molecule has 2 nitrogen and oxygen atoms in total. The van der Waals surface area contributed by atoms with E-state index < -0.39 is 0 Å². The molecule has 0 saturated heterocycles. The van der Waals surface area contributed by atoms with E-state index in [2.05, 4.69) is 15.9 Å². The molecule has 0 atom stereocenters. The molecular weight excluding hydrogens is 285 g/mol. The topological polar surface area (TPSA) is 20.3 Å². The molecule has 1 aromatic rings. The van der Waals surface area contributed by atoms with Gasteiger partial charge < -0.3 is 4.90 Å². The van der Waals surface area contributed by atoms with Gasteiger partial charge in [0.05, 0.1) is 5.56 Å². The SMILES string of the molecule is CN(CC1CCC1)C(=O)c1cc(F)ccc1Br. The van der Waals surface area contributed by atoms with Gasteiger partial charge in [-0.25, -0.2) is 4.39 Å². The van der Waals surface area contributed by atoms with Gasteiger partial charge in [-0.1, -0.05) is 6.42 Å². The Morgan fingerprint density at radius 1 is 1.53 bits per heavy atom. The van der Waals surface area contributed by atoms with Crippen LogP contribution in [0.2, 0.25) is 0 Å². The van der Waals surface area contributed by atoms with Crippen molar-refractivity contribution in [3.63, 3.8) is 0 Å². The summed E-state index contributed by atoms with van der Waals surface area (Å²) in [5, 5.41) is 0. The molecule has 1 fully saturated rings. The minimum absolute atomic E-state index is 0.122. The Labute approximate surface area is 109 Å². The van der Waals surface area contributed by atoms with Crippen LogP contribution in [0.3, 0.4) is 0 Å². The van der Waals surface area contributed by atoms with E-state index in [9.17, 15) is 9.18 Å². The van der Waals surface area contributed by atoms with Crippen LogP contribution in [0.25, 0.3) is 0 Å². The van der Waals surface area contributed by atoms with Crippen molar-refractivity contribution in [1.29, 1.82) is 0 Å². The highest BCUT2D eigenvalue weighted by Crippen LogP contribution is 2.27. The molecule has 1 amide bonds. The van der Waals surface area contributed by atoms with E-state index in [1.54, 1.807) is 18.0 Å². The summed E-state index contributed by atoms with van der Waals surface area (Å²) in [6.45, 7) is 0.766. The van der Waals surface area contributed by atoms with Crippen molar-refractivity contribution < 1.29 is 9.18 Å². The maximum Gasteiger partial charge on any atom is 0.254 e. The van der Waals surface area contributed by atoms with E-state index in [-0.39, 0.29) is 11.7 Å². The maximum absolute atomic E-state index is 13.1. The Bertz CT molecular complexity index is 431. The van der Waals surface area contributed by atoms with Crippen LogP contribution in [-0.2, 0) is 0 Å². The summed E-state index contributed by atoms with van der Waals surface area (Å²) in [6.07, 6.45) is 3.65. The Hall–Kier alpha value is -0.900.